The molecule has 0 spiro atoms. The van der Waals surface area contributed by atoms with E-state index in [0.717, 1.165) is 52.1 Å². The van der Waals surface area contributed by atoms with Gasteiger partial charge in [0.05, 0.1) is 13.2 Å². The van der Waals surface area contributed by atoms with Crippen LogP contribution in [0, 0.1) is 5.41 Å². The standard InChI is InChI=1S/C19H29N3O4/c1-25-11-3-8-22-7-2-4-16(18(22)24)17(23)20-14-19(5-6-19)15-21-9-12-26-13-10-21/h2,4,7H,3,5-6,8-15H2,1H3,(H,20,23). The number of carbonyl (C=O) groups is 1. The van der Waals surface area contributed by atoms with Crippen LogP contribution in [0.25, 0.3) is 0 Å². The van der Waals surface area contributed by atoms with Crippen LogP contribution < -0.4 is 10.9 Å². The number of nitrogens with one attached hydrogen (secondary N) is 1. The quantitative estimate of drug-likeness (QED) is 0.655. The van der Waals surface area contributed by atoms with Gasteiger partial charge in [0.15, 0.2) is 0 Å². The number of aromatic nitrogens is 1. The summed E-state index contributed by atoms with van der Waals surface area (Å²) in [5, 5.41) is 2.99. The number of methoxy groups -OCH3 is 1. The lowest BCUT2D eigenvalue weighted by atomic mass is 10.1. The summed E-state index contributed by atoms with van der Waals surface area (Å²) in [5.41, 5.74) is 0.144. The van der Waals surface area contributed by atoms with Gasteiger partial charge in [-0.2, -0.15) is 0 Å². The molecule has 7 heteroatoms. The maximum Gasteiger partial charge on any atom is 0.263 e. The number of amides is 1. The minimum absolute atomic E-state index is 0.166. The lowest BCUT2D eigenvalue weighted by Crippen LogP contribution is -2.43. The van der Waals surface area contributed by atoms with Gasteiger partial charge in [-0.05, 0) is 31.4 Å². The third-order valence-corrected chi connectivity index (χ3v) is 5.26. The molecule has 2 heterocycles. The van der Waals surface area contributed by atoms with Gasteiger partial charge in [0, 0.05) is 58.1 Å². The molecule has 1 amide bonds. The summed E-state index contributed by atoms with van der Waals surface area (Å²) in [7, 11) is 1.64. The van der Waals surface area contributed by atoms with Crippen molar-refractivity contribution in [3.05, 3.63) is 34.2 Å². The maximum atomic E-state index is 12.5. The third-order valence-electron chi connectivity index (χ3n) is 5.26. The van der Waals surface area contributed by atoms with Gasteiger partial charge in [-0.1, -0.05) is 0 Å². The van der Waals surface area contributed by atoms with Gasteiger partial charge in [-0.25, -0.2) is 0 Å². The summed E-state index contributed by atoms with van der Waals surface area (Å²) in [4.78, 5) is 27.4. The Kier molecular flexibility index (Phi) is 6.45. The van der Waals surface area contributed by atoms with E-state index in [0.29, 0.717) is 19.7 Å². The van der Waals surface area contributed by atoms with Crippen LogP contribution in [0.15, 0.2) is 23.1 Å². The molecular formula is C19H29N3O4. The fourth-order valence-electron chi connectivity index (χ4n) is 3.43. The zero-order valence-electron chi connectivity index (χ0n) is 15.5. The molecule has 1 aliphatic carbocycles. The first-order valence-electron chi connectivity index (χ1n) is 9.40. The number of hydrogen-bond acceptors (Lipinski definition) is 5. The van der Waals surface area contributed by atoms with Crippen molar-refractivity contribution in [2.75, 3.05) is 53.1 Å². The van der Waals surface area contributed by atoms with E-state index in [2.05, 4.69) is 10.2 Å². The minimum atomic E-state index is -0.274. The SMILES string of the molecule is COCCCn1cccc(C(=O)NCC2(CN3CCOCC3)CC2)c1=O. The first kappa shape index (κ1) is 19.1. The molecule has 1 N–H and O–H groups in total. The van der Waals surface area contributed by atoms with Gasteiger partial charge in [0.25, 0.3) is 11.5 Å². The number of morpholine rings is 1. The van der Waals surface area contributed by atoms with Gasteiger partial charge in [-0.15, -0.1) is 0 Å². The van der Waals surface area contributed by atoms with Crippen LogP contribution in [0.2, 0.25) is 0 Å². The Hall–Kier alpha value is -1.70. The Morgan fingerprint density at radius 1 is 1.35 bits per heavy atom. The fraction of sp³-hybridized carbons (Fsp3) is 0.684. The highest BCUT2D eigenvalue weighted by Gasteiger charge is 2.44. The molecular weight excluding hydrogens is 334 g/mol. The van der Waals surface area contributed by atoms with Crippen LogP contribution in [0.1, 0.15) is 29.6 Å². The van der Waals surface area contributed by atoms with E-state index in [9.17, 15) is 9.59 Å². The number of ether oxygens (including phenoxy) is 2. The summed E-state index contributed by atoms with van der Waals surface area (Å²) < 4.78 is 12.0. The Bertz CT molecular complexity index is 663. The van der Waals surface area contributed by atoms with Crippen molar-refractivity contribution < 1.29 is 14.3 Å². The van der Waals surface area contributed by atoms with Crippen molar-refractivity contribution in [1.29, 1.82) is 0 Å². The topological polar surface area (TPSA) is 72.8 Å². The van der Waals surface area contributed by atoms with E-state index in [1.165, 1.54) is 0 Å². The van der Waals surface area contributed by atoms with E-state index in [4.69, 9.17) is 9.47 Å². The number of aryl methyl sites for hydroxylation is 1. The largest absolute Gasteiger partial charge is 0.385 e. The second-order valence-electron chi connectivity index (χ2n) is 7.34. The molecule has 26 heavy (non-hydrogen) atoms. The Morgan fingerprint density at radius 2 is 2.12 bits per heavy atom. The third kappa shape index (κ3) is 4.93. The summed E-state index contributed by atoms with van der Waals surface area (Å²) in [6, 6.07) is 3.36. The van der Waals surface area contributed by atoms with E-state index in [1.54, 1.807) is 30.0 Å². The molecule has 0 atom stereocenters. The predicted octanol–water partition coefficient (Wildman–Crippen LogP) is 0.727. The molecule has 2 aliphatic rings. The molecule has 1 aromatic rings. The fourth-order valence-corrected chi connectivity index (χ4v) is 3.43. The van der Waals surface area contributed by atoms with Crippen molar-refractivity contribution in [2.24, 2.45) is 5.41 Å². The van der Waals surface area contributed by atoms with Gasteiger partial charge in [-0.3, -0.25) is 14.5 Å². The molecule has 0 unspecified atom stereocenters. The lowest BCUT2D eigenvalue weighted by Gasteiger charge is -2.30. The summed E-state index contributed by atoms with van der Waals surface area (Å²) in [6.45, 7) is 6.25. The van der Waals surface area contributed by atoms with Crippen molar-refractivity contribution >= 4 is 5.91 Å². The van der Waals surface area contributed by atoms with Crippen molar-refractivity contribution in [1.82, 2.24) is 14.8 Å². The number of rotatable bonds is 9. The highest BCUT2D eigenvalue weighted by atomic mass is 16.5. The Morgan fingerprint density at radius 3 is 2.81 bits per heavy atom. The first-order chi connectivity index (χ1) is 12.6. The molecule has 0 bridgehead atoms. The Balaban J connectivity index is 1.54. The highest BCUT2D eigenvalue weighted by Crippen LogP contribution is 2.45. The average molecular weight is 363 g/mol. The maximum absolute atomic E-state index is 12.5. The van der Waals surface area contributed by atoms with E-state index < -0.39 is 0 Å². The molecule has 7 nitrogen and oxygen atoms in total. The Labute approximate surface area is 154 Å². The van der Waals surface area contributed by atoms with Gasteiger partial charge < -0.3 is 19.4 Å². The van der Waals surface area contributed by atoms with Crippen LogP contribution in [-0.4, -0.2) is 68.5 Å². The van der Waals surface area contributed by atoms with Crippen molar-refractivity contribution in [2.45, 2.75) is 25.8 Å². The second-order valence-corrected chi connectivity index (χ2v) is 7.34. The van der Waals surface area contributed by atoms with Crippen LogP contribution in [0.3, 0.4) is 0 Å². The molecule has 1 saturated carbocycles. The molecule has 3 rings (SSSR count). The summed E-state index contributed by atoms with van der Waals surface area (Å²) in [5.74, 6) is -0.274. The van der Waals surface area contributed by atoms with Gasteiger partial charge in [0.1, 0.15) is 5.56 Å². The first-order valence-corrected chi connectivity index (χ1v) is 9.40. The van der Waals surface area contributed by atoms with Gasteiger partial charge in [0.2, 0.25) is 0 Å². The normalized spacial score (nSPS) is 19.3. The van der Waals surface area contributed by atoms with Crippen LogP contribution >= 0.6 is 0 Å². The smallest absolute Gasteiger partial charge is 0.263 e. The number of carbonyl (C=O) groups excluding carboxylic acids is 1. The molecule has 2 fully saturated rings. The van der Waals surface area contributed by atoms with E-state index >= 15 is 0 Å². The van der Waals surface area contributed by atoms with E-state index in [-0.39, 0.29) is 22.4 Å². The number of hydrogen-bond donors (Lipinski definition) is 1. The molecule has 0 radical (unpaired) electrons. The predicted molar refractivity (Wildman–Crippen MR) is 98.5 cm³/mol. The van der Waals surface area contributed by atoms with Crippen molar-refractivity contribution in [3.8, 4) is 0 Å². The zero-order valence-corrected chi connectivity index (χ0v) is 15.5. The van der Waals surface area contributed by atoms with Crippen LogP contribution in [0.4, 0.5) is 0 Å². The molecule has 0 aromatic carbocycles. The van der Waals surface area contributed by atoms with Crippen molar-refractivity contribution in [3.63, 3.8) is 0 Å². The van der Waals surface area contributed by atoms with Crippen LogP contribution in [-0.2, 0) is 16.0 Å². The molecule has 1 saturated heterocycles. The molecule has 1 aliphatic heterocycles. The van der Waals surface area contributed by atoms with Crippen LogP contribution in [0.5, 0.6) is 0 Å². The average Bonchev–Trinajstić information content (AvgIpc) is 3.42. The monoisotopic (exact) mass is 363 g/mol. The number of nitrogens with zero attached hydrogens (tertiary/aromatic N) is 2. The summed E-state index contributed by atoms with van der Waals surface area (Å²) in [6.07, 6.45) is 4.71. The van der Waals surface area contributed by atoms with Gasteiger partial charge >= 0.3 is 0 Å². The van der Waals surface area contributed by atoms with E-state index in [1.807, 2.05) is 0 Å². The lowest BCUT2D eigenvalue weighted by molar-refractivity contribution is 0.0283. The second kappa shape index (κ2) is 8.79. The zero-order chi connectivity index (χ0) is 18.4. The molecule has 144 valence electrons. The number of pyridine rings is 1. The minimum Gasteiger partial charge on any atom is -0.385 e. The molecule has 1 aromatic heterocycles. The summed E-state index contributed by atoms with van der Waals surface area (Å²) >= 11 is 0. The highest BCUT2D eigenvalue weighted by molar-refractivity contribution is 5.93.